The van der Waals surface area contributed by atoms with Crippen LogP contribution in [-0.2, 0) is 15.8 Å². The standard InChI is InChI=1S/C16H25BF3N3O2.CO2/c18-16(19,20)13-4-5-15(22-11-13)23-9-6-12(7-10-23)14(21)3-1-2-8-17(24)25;2-1-3/h4-5,11-12,14,24-25H,1-3,6-10,21H2;. The van der Waals surface area contributed by atoms with Gasteiger partial charge in [0.2, 0.25) is 0 Å². The van der Waals surface area contributed by atoms with Crippen LogP contribution in [0.25, 0.3) is 0 Å². The number of halogens is 3. The number of nitrogens with two attached hydrogens (primary N) is 1. The predicted molar refractivity (Wildman–Crippen MR) is 96.0 cm³/mol. The van der Waals surface area contributed by atoms with E-state index >= 15 is 0 Å². The molecule has 7 nitrogen and oxygen atoms in total. The Morgan fingerprint density at radius 3 is 2.32 bits per heavy atom. The molecule has 4 N–H and O–H groups in total. The van der Waals surface area contributed by atoms with Crippen molar-refractivity contribution in [3.05, 3.63) is 23.9 Å². The summed E-state index contributed by atoms with van der Waals surface area (Å²) in [4.78, 5) is 22.2. The van der Waals surface area contributed by atoms with Crippen LogP contribution >= 0.6 is 0 Å². The van der Waals surface area contributed by atoms with Gasteiger partial charge in [0.1, 0.15) is 5.82 Å². The van der Waals surface area contributed by atoms with Crippen LogP contribution in [0.5, 0.6) is 0 Å². The summed E-state index contributed by atoms with van der Waals surface area (Å²) in [5, 5.41) is 17.6. The Kier molecular flexibility index (Phi) is 10.2. The van der Waals surface area contributed by atoms with Crippen molar-refractivity contribution < 1.29 is 32.8 Å². The van der Waals surface area contributed by atoms with E-state index in [9.17, 15) is 13.2 Å². The fraction of sp³-hybridized carbons (Fsp3) is 0.647. The molecule has 2 rings (SSSR count). The second kappa shape index (κ2) is 11.8. The first-order chi connectivity index (χ1) is 13.2. The zero-order chi connectivity index (χ0) is 21.2. The lowest BCUT2D eigenvalue weighted by Gasteiger charge is -2.35. The number of unbranched alkanes of at least 4 members (excludes halogenated alkanes) is 1. The molecule has 0 aromatic carbocycles. The van der Waals surface area contributed by atoms with Crippen LogP contribution in [0.4, 0.5) is 19.0 Å². The van der Waals surface area contributed by atoms with Crippen molar-refractivity contribution in [3.8, 4) is 0 Å². The summed E-state index contributed by atoms with van der Waals surface area (Å²) in [6.45, 7) is 1.46. The topological polar surface area (TPSA) is 117 Å². The number of anilines is 1. The summed E-state index contributed by atoms with van der Waals surface area (Å²) < 4.78 is 37.7. The molecule has 1 fully saturated rings. The maximum Gasteiger partial charge on any atom is 0.451 e. The minimum absolute atomic E-state index is 0.0681. The number of rotatable bonds is 7. The van der Waals surface area contributed by atoms with Gasteiger partial charge in [-0.25, -0.2) is 4.98 Å². The number of aromatic nitrogens is 1. The molecule has 1 atom stereocenters. The van der Waals surface area contributed by atoms with Crippen LogP contribution in [0.2, 0.25) is 6.32 Å². The van der Waals surface area contributed by atoms with Crippen molar-refractivity contribution in [1.82, 2.24) is 4.98 Å². The monoisotopic (exact) mass is 403 g/mol. The predicted octanol–water partition coefficient (Wildman–Crippen LogP) is 1.70. The second-order valence-electron chi connectivity index (χ2n) is 6.74. The van der Waals surface area contributed by atoms with Crippen molar-refractivity contribution in [2.45, 2.75) is 50.6 Å². The molecule has 1 unspecified atom stereocenters. The van der Waals surface area contributed by atoms with Gasteiger partial charge in [-0.1, -0.05) is 12.8 Å². The normalized spacial score (nSPS) is 16.0. The highest BCUT2D eigenvalue weighted by atomic mass is 19.4. The van der Waals surface area contributed by atoms with Gasteiger partial charge in [0.15, 0.2) is 0 Å². The Morgan fingerprint density at radius 1 is 1.25 bits per heavy atom. The third-order valence-corrected chi connectivity index (χ3v) is 4.79. The fourth-order valence-corrected chi connectivity index (χ4v) is 3.24. The lowest BCUT2D eigenvalue weighted by Crippen LogP contribution is -2.41. The van der Waals surface area contributed by atoms with Gasteiger partial charge >= 0.3 is 19.4 Å². The molecular weight excluding hydrogens is 378 g/mol. The van der Waals surface area contributed by atoms with Gasteiger partial charge in [0, 0.05) is 25.3 Å². The van der Waals surface area contributed by atoms with Crippen LogP contribution in [-0.4, -0.2) is 47.4 Å². The van der Waals surface area contributed by atoms with Crippen LogP contribution < -0.4 is 10.6 Å². The molecule has 1 aliphatic rings. The Labute approximate surface area is 161 Å². The summed E-state index contributed by atoms with van der Waals surface area (Å²) >= 11 is 0. The summed E-state index contributed by atoms with van der Waals surface area (Å²) in [7, 11) is -1.25. The van der Waals surface area contributed by atoms with Crippen LogP contribution in [0.3, 0.4) is 0 Å². The van der Waals surface area contributed by atoms with Crippen molar-refractivity contribution >= 4 is 19.1 Å². The molecule has 2 heterocycles. The lowest BCUT2D eigenvalue weighted by atomic mass is 9.82. The van der Waals surface area contributed by atoms with Crippen molar-refractivity contribution in [2.24, 2.45) is 11.7 Å². The van der Waals surface area contributed by atoms with Crippen molar-refractivity contribution in [3.63, 3.8) is 0 Å². The molecule has 0 bridgehead atoms. The molecule has 28 heavy (non-hydrogen) atoms. The SMILES string of the molecule is NC(CCCCB(O)O)C1CCN(c2ccc(C(F)(F)F)cn2)CC1.O=C=O. The molecule has 1 aliphatic heterocycles. The number of hydrogen-bond acceptors (Lipinski definition) is 7. The molecular formula is C17H25BF3N3O4. The summed E-state index contributed by atoms with van der Waals surface area (Å²) in [5.74, 6) is 0.946. The first-order valence-electron chi connectivity index (χ1n) is 9.08. The molecule has 0 radical (unpaired) electrons. The van der Waals surface area contributed by atoms with E-state index in [0.29, 0.717) is 18.1 Å². The Morgan fingerprint density at radius 2 is 1.86 bits per heavy atom. The Bertz CT molecular complexity index is 603. The number of pyridine rings is 1. The Balaban J connectivity index is 0.00000122. The van der Waals surface area contributed by atoms with E-state index in [4.69, 9.17) is 25.4 Å². The quantitative estimate of drug-likeness (QED) is 0.469. The molecule has 0 aliphatic carbocycles. The van der Waals surface area contributed by atoms with Crippen LogP contribution in [0, 0.1) is 5.92 Å². The van der Waals surface area contributed by atoms with Crippen molar-refractivity contribution in [1.29, 1.82) is 0 Å². The van der Waals surface area contributed by atoms with Gasteiger partial charge < -0.3 is 20.7 Å². The summed E-state index contributed by atoms with van der Waals surface area (Å²) in [6, 6.07) is 2.55. The first kappa shape index (κ1) is 24.1. The third kappa shape index (κ3) is 8.39. The average Bonchev–Trinajstić information content (AvgIpc) is 2.65. The summed E-state index contributed by atoms with van der Waals surface area (Å²) in [5.41, 5.74) is 5.50. The number of carbonyl (C=O) groups excluding carboxylic acids is 2. The maximum atomic E-state index is 12.6. The van der Waals surface area contributed by atoms with Gasteiger partial charge in [-0.2, -0.15) is 22.8 Å². The summed E-state index contributed by atoms with van der Waals surface area (Å²) in [6.07, 6.45) is 1.33. The molecule has 0 spiro atoms. The molecule has 156 valence electrons. The minimum Gasteiger partial charge on any atom is -0.427 e. The number of hydrogen-bond donors (Lipinski definition) is 3. The maximum absolute atomic E-state index is 12.6. The van der Waals surface area contributed by atoms with E-state index in [1.54, 1.807) is 0 Å². The molecule has 1 saturated heterocycles. The van der Waals surface area contributed by atoms with Gasteiger partial charge in [-0.3, -0.25) is 0 Å². The molecule has 0 saturated carbocycles. The highest BCUT2D eigenvalue weighted by molar-refractivity contribution is 6.40. The molecule has 0 amide bonds. The van der Waals surface area contributed by atoms with E-state index in [-0.39, 0.29) is 12.2 Å². The number of nitrogens with zero attached hydrogens (tertiary/aromatic N) is 2. The molecule has 1 aromatic heterocycles. The van der Waals surface area contributed by atoms with E-state index < -0.39 is 18.9 Å². The highest BCUT2D eigenvalue weighted by Crippen LogP contribution is 2.30. The van der Waals surface area contributed by atoms with E-state index in [2.05, 4.69) is 4.98 Å². The lowest BCUT2D eigenvalue weighted by molar-refractivity contribution is -0.191. The smallest absolute Gasteiger partial charge is 0.427 e. The first-order valence-corrected chi connectivity index (χ1v) is 9.08. The van der Waals surface area contributed by atoms with Gasteiger partial charge in [-0.15, -0.1) is 0 Å². The molecule has 11 heteroatoms. The third-order valence-electron chi connectivity index (χ3n) is 4.79. The Hall–Kier alpha value is -1.94. The fourth-order valence-electron chi connectivity index (χ4n) is 3.24. The largest absolute Gasteiger partial charge is 0.451 e. The average molecular weight is 403 g/mol. The zero-order valence-electron chi connectivity index (χ0n) is 15.4. The van der Waals surface area contributed by atoms with E-state index in [1.807, 2.05) is 4.90 Å². The molecule has 1 aromatic rings. The zero-order valence-corrected chi connectivity index (χ0v) is 15.4. The van der Waals surface area contributed by atoms with Crippen molar-refractivity contribution in [2.75, 3.05) is 18.0 Å². The van der Waals surface area contributed by atoms with Crippen LogP contribution in [0.1, 0.15) is 37.7 Å². The van der Waals surface area contributed by atoms with Crippen LogP contribution in [0.15, 0.2) is 18.3 Å². The minimum atomic E-state index is -4.36. The van der Waals surface area contributed by atoms with E-state index in [1.165, 1.54) is 6.07 Å². The highest BCUT2D eigenvalue weighted by Gasteiger charge is 2.31. The second-order valence-corrected chi connectivity index (χ2v) is 6.74. The number of alkyl halides is 3. The van der Waals surface area contributed by atoms with Gasteiger partial charge in [-0.05, 0) is 43.6 Å². The van der Waals surface area contributed by atoms with Gasteiger partial charge in [0.05, 0.1) is 5.56 Å². The van der Waals surface area contributed by atoms with Gasteiger partial charge in [0.25, 0.3) is 0 Å². The number of piperidine rings is 1. The van der Waals surface area contributed by atoms with E-state index in [0.717, 1.165) is 57.5 Å².